The molecule has 2 bridgehead atoms. The predicted molar refractivity (Wildman–Crippen MR) is 73.3 cm³/mol. The van der Waals surface area contributed by atoms with Gasteiger partial charge in [-0.25, -0.2) is 9.29 Å². The summed E-state index contributed by atoms with van der Waals surface area (Å²) >= 11 is 5.74. The lowest BCUT2D eigenvalue weighted by Gasteiger charge is -2.24. The molecule has 3 aliphatic rings. The van der Waals surface area contributed by atoms with Crippen molar-refractivity contribution < 1.29 is 18.7 Å². The standard InChI is InChI=1S/C15H11ClFNO3/c1-15-5-4-10(21-15)11-12(15)14(20)18(13(11)19)7-2-3-9(17)8(16)6-7/h2-6,10-12H,1H3/t10-,11-,12-,15+/m1/s1. The molecule has 1 aromatic rings. The van der Waals surface area contributed by atoms with Gasteiger partial charge in [0, 0.05) is 0 Å². The zero-order valence-electron chi connectivity index (χ0n) is 11.0. The number of hydrogen-bond donors (Lipinski definition) is 0. The van der Waals surface area contributed by atoms with Crippen LogP contribution in [0.1, 0.15) is 6.92 Å². The normalized spacial score (nSPS) is 36.7. The molecule has 1 aromatic carbocycles. The monoisotopic (exact) mass is 307 g/mol. The fourth-order valence-electron chi connectivity index (χ4n) is 3.53. The lowest BCUT2D eigenvalue weighted by molar-refractivity contribution is -0.126. The van der Waals surface area contributed by atoms with Crippen LogP contribution in [0, 0.1) is 17.7 Å². The Hall–Kier alpha value is -1.72. The third-order valence-electron chi connectivity index (χ3n) is 4.49. The van der Waals surface area contributed by atoms with Crippen LogP contribution in [-0.2, 0) is 14.3 Å². The number of imide groups is 1. The minimum atomic E-state index is -0.735. The average Bonchev–Trinajstić information content (AvgIpc) is 3.03. The van der Waals surface area contributed by atoms with E-state index < -0.39 is 23.3 Å². The van der Waals surface area contributed by atoms with Crippen molar-refractivity contribution >= 4 is 29.1 Å². The summed E-state index contributed by atoms with van der Waals surface area (Å²) in [5.41, 5.74) is -0.436. The molecule has 4 rings (SSSR count). The molecule has 6 heteroatoms. The number of anilines is 1. The van der Waals surface area contributed by atoms with Crippen LogP contribution in [0.25, 0.3) is 0 Å². The largest absolute Gasteiger partial charge is 0.362 e. The summed E-state index contributed by atoms with van der Waals surface area (Å²) in [6.07, 6.45) is 3.30. The molecular formula is C15H11ClFNO3. The van der Waals surface area contributed by atoms with E-state index >= 15 is 0 Å². The van der Waals surface area contributed by atoms with Crippen LogP contribution >= 0.6 is 11.6 Å². The second kappa shape index (κ2) is 3.93. The topological polar surface area (TPSA) is 46.6 Å². The Morgan fingerprint density at radius 1 is 1.33 bits per heavy atom. The smallest absolute Gasteiger partial charge is 0.241 e. The molecule has 3 heterocycles. The van der Waals surface area contributed by atoms with Gasteiger partial charge in [-0.2, -0.15) is 0 Å². The quantitative estimate of drug-likeness (QED) is 0.591. The molecule has 0 radical (unpaired) electrons. The Bertz CT molecular complexity index is 719. The van der Waals surface area contributed by atoms with Crippen molar-refractivity contribution in [3.63, 3.8) is 0 Å². The number of halogens is 2. The number of amides is 2. The zero-order valence-corrected chi connectivity index (χ0v) is 11.8. The molecule has 0 N–H and O–H groups in total. The number of carbonyl (C=O) groups excluding carboxylic acids is 2. The van der Waals surface area contributed by atoms with E-state index in [1.165, 1.54) is 12.1 Å². The molecular weight excluding hydrogens is 297 g/mol. The number of benzene rings is 1. The van der Waals surface area contributed by atoms with Crippen LogP contribution in [0.2, 0.25) is 5.02 Å². The highest BCUT2D eigenvalue weighted by molar-refractivity contribution is 6.31. The predicted octanol–water partition coefficient (Wildman–Crippen LogP) is 2.31. The van der Waals surface area contributed by atoms with Crippen LogP contribution in [0.5, 0.6) is 0 Å². The Balaban J connectivity index is 1.78. The summed E-state index contributed by atoms with van der Waals surface area (Å²) in [4.78, 5) is 26.3. The second-order valence-corrected chi connectivity index (χ2v) is 6.15. The maximum atomic E-state index is 13.3. The minimum absolute atomic E-state index is 0.117. The molecule has 0 aliphatic carbocycles. The van der Waals surface area contributed by atoms with Crippen molar-refractivity contribution in [2.24, 2.45) is 11.8 Å². The van der Waals surface area contributed by atoms with Gasteiger partial charge >= 0.3 is 0 Å². The Kier molecular flexibility index (Phi) is 2.43. The summed E-state index contributed by atoms with van der Waals surface area (Å²) in [6.45, 7) is 1.81. The van der Waals surface area contributed by atoms with Gasteiger partial charge in [0.25, 0.3) is 0 Å². The van der Waals surface area contributed by atoms with Gasteiger partial charge in [-0.3, -0.25) is 9.59 Å². The maximum absolute atomic E-state index is 13.3. The van der Waals surface area contributed by atoms with Crippen LogP contribution in [0.15, 0.2) is 30.4 Å². The fraction of sp³-hybridized carbons (Fsp3) is 0.333. The van der Waals surface area contributed by atoms with E-state index in [9.17, 15) is 14.0 Å². The molecule has 4 atom stereocenters. The van der Waals surface area contributed by atoms with Crippen molar-refractivity contribution in [3.8, 4) is 0 Å². The summed E-state index contributed by atoms with van der Waals surface area (Å²) < 4.78 is 19.0. The second-order valence-electron chi connectivity index (χ2n) is 5.74. The van der Waals surface area contributed by atoms with E-state index in [0.29, 0.717) is 5.69 Å². The highest BCUT2D eigenvalue weighted by Gasteiger charge is 2.66. The first-order valence-electron chi connectivity index (χ1n) is 6.62. The number of hydrogen-bond acceptors (Lipinski definition) is 3. The van der Waals surface area contributed by atoms with Gasteiger partial charge < -0.3 is 4.74 Å². The number of carbonyl (C=O) groups is 2. The van der Waals surface area contributed by atoms with Gasteiger partial charge in [-0.05, 0) is 25.1 Å². The van der Waals surface area contributed by atoms with Crippen molar-refractivity contribution in [2.45, 2.75) is 18.6 Å². The minimum Gasteiger partial charge on any atom is -0.362 e. The lowest BCUT2D eigenvalue weighted by atomic mass is 9.78. The molecule has 0 spiro atoms. The lowest BCUT2D eigenvalue weighted by Crippen LogP contribution is -2.38. The van der Waals surface area contributed by atoms with Crippen molar-refractivity contribution in [3.05, 3.63) is 41.2 Å². The third-order valence-corrected chi connectivity index (χ3v) is 4.78. The molecule has 2 amide bonds. The van der Waals surface area contributed by atoms with Gasteiger partial charge in [0.05, 0.1) is 34.3 Å². The molecule has 0 unspecified atom stereocenters. The maximum Gasteiger partial charge on any atom is 0.241 e. The SMILES string of the molecule is C[C@@]12C=C[C@@H](O1)[C@H]1C(=O)N(c3ccc(F)c(Cl)c3)C(=O)[C@@H]12. The van der Waals surface area contributed by atoms with Gasteiger partial charge in [0.1, 0.15) is 5.82 Å². The third kappa shape index (κ3) is 1.53. The van der Waals surface area contributed by atoms with Gasteiger partial charge in [-0.1, -0.05) is 23.8 Å². The molecule has 2 saturated heterocycles. The fourth-order valence-corrected chi connectivity index (χ4v) is 3.71. The highest BCUT2D eigenvalue weighted by Crippen LogP contribution is 2.52. The molecule has 0 aromatic heterocycles. The number of ether oxygens (including phenoxy) is 1. The van der Waals surface area contributed by atoms with Crippen LogP contribution < -0.4 is 4.90 Å². The van der Waals surface area contributed by atoms with E-state index in [1.54, 1.807) is 6.92 Å². The van der Waals surface area contributed by atoms with E-state index in [0.717, 1.165) is 11.0 Å². The first-order chi connectivity index (χ1) is 9.92. The average molecular weight is 308 g/mol. The molecule has 2 fully saturated rings. The molecule has 3 aliphatic heterocycles. The Morgan fingerprint density at radius 3 is 2.76 bits per heavy atom. The van der Waals surface area contributed by atoms with Crippen molar-refractivity contribution in [2.75, 3.05) is 4.90 Å². The zero-order chi connectivity index (χ0) is 14.9. The summed E-state index contributed by atoms with van der Waals surface area (Å²) in [5.74, 6) is -2.25. The number of nitrogens with zero attached hydrogens (tertiary/aromatic N) is 1. The van der Waals surface area contributed by atoms with E-state index in [2.05, 4.69) is 0 Å². The van der Waals surface area contributed by atoms with Gasteiger partial charge in [-0.15, -0.1) is 0 Å². The van der Waals surface area contributed by atoms with E-state index in [-0.39, 0.29) is 22.9 Å². The Morgan fingerprint density at radius 2 is 2.10 bits per heavy atom. The highest BCUT2D eigenvalue weighted by atomic mass is 35.5. The summed E-state index contributed by atoms with van der Waals surface area (Å²) in [5, 5.41) is -0.117. The summed E-state index contributed by atoms with van der Waals surface area (Å²) in [7, 11) is 0. The van der Waals surface area contributed by atoms with Crippen molar-refractivity contribution in [1.82, 2.24) is 0 Å². The van der Waals surface area contributed by atoms with Crippen LogP contribution in [0.3, 0.4) is 0 Å². The Labute approximate surface area is 125 Å². The molecule has 21 heavy (non-hydrogen) atoms. The van der Waals surface area contributed by atoms with E-state index in [1.807, 2.05) is 12.2 Å². The van der Waals surface area contributed by atoms with Crippen molar-refractivity contribution in [1.29, 1.82) is 0 Å². The number of fused-ring (bicyclic) bond motifs is 5. The van der Waals surface area contributed by atoms with Crippen LogP contribution in [0.4, 0.5) is 10.1 Å². The molecule has 0 saturated carbocycles. The number of rotatable bonds is 1. The van der Waals surface area contributed by atoms with E-state index in [4.69, 9.17) is 16.3 Å². The summed E-state index contributed by atoms with van der Waals surface area (Å²) in [6, 6.07) is 3.83. The van der Waals surface area contributed by atoms with Crippen LogP contribution in [-0.4, -0.2) is 23.5 Å². The van der Waals surface area contributed by atoms with Gasteiger partial charge in [0.15, 0.2) is 0 Å². The first-order valence-corrected chi connectivity index (χ1v) is 7.00. The van der Waals surface area contributed by atoms with Gasteiger partial charge in [0.2, 0.25) is 11.8 Å². The molecule has 108 valence electrons. The molecule has 4 nitrogen and oxygen atoms in total. The first kappa shape index (κ1) is 13.0.